The summed E-state index contributed by atoms with van der Waals surface area (Å²) in [5.41, 5.74) is 5.52. The van der Waals surface area contributed by atoms with Gasteiger partial charge in [-0.15, -0.1) is 0 Å². The number of hydrogen-bond donors (Lipinski definition) is 0. The van der Waals surface area contributed by atoms with Crippen LogP contribution in [0, 0.1) is 6.92 Å². The van der Waals surface area contributed by atoms with Crippen molar-refractivity contribution in [2.75, 3.05) is 0 Å². The van der Waals surface area contributed by atoms with Gasteiger partial charge in [-0.2, -0.15) is 0 Å². The van der Waals surface area contributed by atoms with Gasteiger partial charge in [0.2, 0.25) is 0 Å². The molecule has 1 aliphatic rings. The van der Waals surface area contributed by atoms with Gasteiger partial charge in [-0.05, 0) is 0 Å². The first-order valence-electron chi connectivity index (χ1n) is 5.89. The van der Waals surface area contributed by atoms with Gasteiger partial charge in [0, 0.05) is 0 Å². The molecule has 0 N–H and O–H groups in total. The number of rotatable bonds is 1. The Balaban J connectivity index is 2.06. The summed E-state index contributed by atoms with van der Waals surface area (Å²) in [6.45, 7) is 2.13. The summed E-state index contributed by atoms with van der Waals surface area (Å²) in [7, 11) is 0. The van der Waals surface area contributed by atoms with Crippen LogP contribution in [0.5, 0.6) is 0 Å². The minimum atomic E-state index is 0.399. The number of aromatic nitrogens is 1. The average Bonchev–Trinajstić information content (AvgIpc) is 2.74. The van der Waals surface area contributed by atoms with E-state index in [1.807, 2.05) is 0 Å². The van der Waals surface area contributed by atoms with Crippen LogP contribution in [0.4, 0.5) is 0 Å². The van der Waals surface area contributed by atoms with E-state index in [4.69, 9.17) is 3.98 Å². The first-order valence-corrected chi connectivity index (χ1v) is 7.51. The van der Waals surface area contributed by atoms with Crippen LogP contribution in [-0.2, 0) is 12.8 Å². The topological polar surface area (TPSA) is 12.9 Å². The zero-order chi connectivity index (χ0) is 11.0. The molecule has 0 saturated heterocycles. The SMILES string of the molecule is Cc1ccc(-c2n[se]c3c2CCCC3)cc1. The van der Waals surface area contributed by atoms with Gasteiger partial charge in [-0.1, -0.05) is 0 Å². The first-order chi connectivity index (χ1) is 7.84. The second-order valence-electron chi connectivity index (χ2n) is 4.51. The van der Waals surface area contributed by atoms with Gasteiger partial charge in [-0.25, -0.2) is 0 Å². The van der Waals surface area contributed by atoms with Crippen molar-refractivity contribution in [3.63, 3.8) is 0 Å². The van der Waals surface area contributed by atoms with Crippen LogP contribution in [0.25, 0.3) is 11.3 Å². The summed E-state index contributed by atoms with van der Waals surface area (Å²) < 4.78 is 6.45. The van der Waals surface area contributed by atoms with Gasteiger partial charge in [-0.3, -0.25) is 0 Å². The van der Waals surface area contributed by atoms with Gasteiger partial charge in [0.15, 0.2) is 0 Å². The van der Waals surface area contributed by atoms with Gasteiger partial charge >= 0.3 is 102 Å². The van der Waals surface area contributed by atoms with Gasteiger partial charge in [0.1, 0.15) is 0 Å². The Bertz CT molecular complexity index is 496. The molecule has 82 valence electrons. The quantitative estimate of drug-likeness (QED) is 0.730. The number of aryl methyl sites for hydroxylation is 2. The van der Waals surface area contributed by atoms with E-state index in [-0.39, 0.29) is 0 Å². The predicted octanol–water partition coefficient (Wildman–Crippen LogP) is 2.99. The van der Waals surface area contributed by atoms with Crippen LogP contribution in [0.3, 0.4) is 0 Å². The fourth-order valence-electron chi connectivity index (χ4n) is 2.32. The van der Waals surface area contributed by atoms with E-state index >= 15 is 0 Å². The Hall–Kier alpha value is -0.851. The third-order valence-corrected chi connectivity index (χ3v) is 5.26. The molecule has 0 fully saturated rings. The molecule has 0 bridgehead atoms. The molecular formula is C14H15NSe. The predicted molar refractivity (Wildman–Crippen MR) is 68.0 cm³/mol. The molecule has 1 aromatic heterocycles. The Morgan fingerprint density at radius 2 is 1.81 bits per heavy atom. The zero-order valence-corrected chi connectivity index (χ0v) is 11.2. The van der Waals surface area contributed by atoms with Crippen LogP contribution in [0.2, 0.25) is 0 Å². The van der Waals surface area contributed by atoms with E-state index in [9.17, 15) is 0 Å². The molecule has 0 radical (unpaired) electrons. The fraction of sp³-hybridized carbons (Fsp3) is 0.357. The average molecular weight is 276 g/mol. The fourth-order valence-corrected chi connectivity index (χ4v) is 4.34. The van der Waals surface area contributed by atoms with Crippen molar-refractivity contribution in [1.29, 1.82) is 0 Å². The van der Waals surface area contributed by atoms with Crippen molar-refractivity contribution >= 4 is 14.7 Å². The molecule has 3 rings (SSSR count). The van der Waals surface area contributed by atoms with Crippen molar-refractivity contribution in [3.05, 3.63) is 39.8 Å². The molecule has 0 saturated carbocycles. The van der Waals surface area contributed by atoms with Gasteiger partial charge < -0.3 is 0 Å². The molecule has 16 heavy (non-hydrogen) atoms. The van der Waals surface area contributed by atoms with E-state index < -0.39 is 0 Å². The molecule has 0 unspecified atom stereocenters. The molecule has 0 aliphatic heterocycles. The van der Waals surface area contributed by atoms with E-state index in [2.05, 4.69) is 31.2 Å². The summed E-state index contributed by atoms with van der Waals surface area (Å²) in [4.78, 5) is 0. The Labute approximate surface area is 103 Å². The van der Waals surface area contributed by atoms with E-state index in [1.165, 1.54) is 42.5 Å². The Morgan fingerprint density at radius 1 is 1.06 bits per heavy atom. The van der Waals surface area contributed by atoms with Crippen molar-refractivity contribution < 1.29 is 0 Å². The maximum absolute atomic E-state index is 4.79. The normalized spacial score (nSPS) is 14.8. The molecule has 1 aliphatic carbocycles. The summed E-state index contributed by atoms with van der Waals surface area (Å²) >= 11 is 0.399. The standard InChI is InChI=1S/C14H15NSe/c1-10-6-8-11(9-7-10)14-12-4-2-3-5-13(12)16-15-14/h6-9H,2-5H2,1H3. The first kappa shape index (κ1) is 10.3. The molecule has 1 nitrogen and oxygen atoms in total. The number of fused-ring (bicyclic) bond motifs is 1. The molecule has 2 aromatic rings. The second kappa shape index (κ2) is 4.20. The molecule has 1 heterocycles. The van der Waals surface area contributed by atoms with Crippen molar-refractivity contribution in [1.82, 2.24) is 3.98 Å². The number of benzene rings is 1. The molecule has 0 atom stereocenters. The zero-order valence-electron chi connectivity index (χ0n) is 9.49. The molecular weight excluding hydrogens is 261 g/mol. The van der Waals surface area contributed by atoms with E-state index in [0.717, 1.165) is 0 Å². The molecule has 0 amide bonds. The van der Waals surface area contributed by atoms with Crippen molar-refractivity contribution in [2.24, 2.45) is 0 Å². The van der Waals surface area contributed by atoms with Crippen LogP contribution < -0.4 is 0 Å². The van der Waals surface area contributed by atoms with Crippen molar-refractivity contribution in [3.8, 4) is 11.3 Å². The number of hydrogen-bond acceptors (Lipinski definition) is 1. The third-order valence-electron chi connectivity index (χ3n) is 3.28. The number of nitrogens with zero attached hydrogens (tertiary/aromatic N) is 1. The molecule has 0 spiro atoms. The maximum atomic E-state index is 4.79. The molecule has 2 heteroatoms. The van der Waals surface area contributed by atoms with E-state index in [1.54, 1.807) is 10.0 Å². The van der Waals surface area contributed by atoms with E-state index in [0.29, 0.717) is 14.7 Å². The monoisotopic (exact) mass is 277 g/mol. The van der Waals surface area contributed by atoms with Crippen LogP contribution in [0.15, 0.2) is 24.3 Å². The minimum absolute atomic E-state index is 0.399. The van der Waals surface area contributed by atoms with Crippen LogP contribution >= 0.6 is 0 Å². The van der Waals surface area contributed by atoms with Crippen LogP contribution in [-0.4, -0.2) is 18.7 Å². The second-order valence-corrected chi connectivity index (χ2v) is 6.31. The molecule has 1 aromatic carbocycles. The Morgan fingerprint density at radius 3 is 2.62 bits per heavy atom. The summed E-state index contributed by atoms with van der Waals surface area (Å²) in [5, 5.41) is 0. The van der Waals surface area contributed by atoms with Crippen molar-refractivity contribution in [2.45, 2.75) is 32.6 Å². The summed E-state index contributed by atoms with van der Waals surface area (Å²) in [6, 6.07) is 8.81. The summed E-state index contributed by atoms with van der Waals surface area (Å²) in [6.07, 6.45) is 5.27. The summed E-state index contributed by atoms with van der Waals surface area (Å²) in [5.74, 6) is 0. The van der Waals surface area contributed by atoms with Gasteiger partial charge in [0.25, 0.3) is 0 Å². The Kier molecular flexibility index (Phi) is 2.70. The van der Waals surface area contributed by atoms with Crippen LogP contribution in [0.1, 0.15) is 28.4 Å². The van der Waals surface area contributed by atoms with Gasteiger partial charge in [0.05, 0.1) is 0 Å². The third kappa shape index (κ3) is 1.77.